The molecule has 0 saturated carbocycles. The highest BCUT2D eigenvalue weighted by atomic mass is 127. The number of benzene rings is 1. The van der Waals surface area contributed by atoms with Gasteiger partial charge in [-0.2, -0.15) is 0 Å². The van der Waals surface area contributed by atoms with Crippen molar-refractivity contribution in [3.63, 3.8) is 0 Å². The summed E-state index contributed by atoms with van der Waals surface area (Å²) in [5.74, 6) is 0.719. The highest BCUT2D eigenvalue weighted by Crippen LogP contribution is 2.19. The van der Waals surface area contributed by atoms with Crippen LogP contribution in [0.15, 0.2) is 30.3 Å². The molecule has 0 amide bonds. The van der Waals surface area contributed by atoms with Crippen molar-refractivity contribution in [3.8, 4) is 0 Å². The van der Waals surface area contributed by atoms with Crippen molar-refractivity contribution in [1.29, 1.82) is 0 Å². The highest BCUT2D eigenvalue weighted by Gasteiger charge is 2.37. The summed E-state index contributed by atoms with van der Waals surface area (Å²) in [6, 6.07) is 11.4. The minimum Gasteiger partial charge on any atom is -0.394 e. The molecule has 0 fully saturated rings. The van der Waals surface area contributed by atoms with E-state index in [0.717, 1.165) is 18.4 Å². The van der Waals surface area contributed by atoms with Crippen LogP contribution in [0.25, 0.3) is 0 Å². The fourth-order valence-electron chi connectivity index (χ4n) is 1.87. The molecule has 0 saturated heterocycles. The fourth-order valence-corrected chi connectivity index (χ4v) is 5.22. The Morgan fingerprint density at radius 1 is 1.18 bits per heavy atom. The van der Waals surface area contributed by atoms with Crippen LogP contribution < -0.4 is 5.19 Å². The second-order valence-corrected chi connectivity index (χ2v) is 8.61. The van der Waals surface area contributed by atoms with Gasteiger partial charge in [-0.3, -0.25) is 0 Å². The van der Waals surface area contributed by atoms with Crippen molar-refractivity contribution in [2.75, 3.05) is 18.6 Å². The average molecular weight is 364 g/mol. The predicted octanol–water partition coefficient (Wildman–Crippen LogP) is 3.09. The molecule has 1 atom stereocenters. The van der Waals surface area contributed by atoms with E-state index in [4.69, 9.17) is 8.85 Å². The fraction of sp³-hybridized carbons (Fsp3) is 0.538. The third kappa shape index (κ3) is 4.05. The molecule has 0 aliphatic heterocycles. The molecule has 0 radical (unpaired) electrons. The number of rotatable bonds is 7. The maximum atomic E-state index is 5.78. The molecule has 2 nitrogen and oxygen atoms in total. The van der Waals surface area contributed by atoms with Gasteiger partial charge < -0.3 is 8.85 Å². The lowest BCUT2D eigenvalue weighted by Gasteiger charge is -2.28. The molecule has 0 bridgehead atoms. The first-order valence-electron chi connectivity index (χ1n) is 5.90. The predicted molar refractivity (Wildman–Crippen MR) is 83.3 cm³/mol. The van der Waals surface area contributed by atoms with E-state index in [1.807, 2.05) is 6.07 Å². The Kier molecular flexibility index (Phi) is 6.69. The van der Waals surface area contributed by atoms with Gasteiger partial charge in [0.1, 0.15) is 0 Å². The van der Waals surface area contributed by atoms with Crippen molar-refractivity contribution in [1.82, 2.24) is 0 Å². The first kappa shape index (κ1) is 15.1. The molecular formula is C13H21IO2Si. The number of hydrogen-bond acceptors (Lipinski definition) is 2. The Balaban J connectivity index is 2.82. The third-order valence-electron chi connectivity index (χ3n) is 3.10. The van der Waals surface area contributed by atoms with Crippen LogP contribution in [0.3, 0.4) is 0 Å². The van der Waals surface area contributed by atoms with Crippen LogP contribution in [-0.4, -0.2) is 27.2 Å². The maximum absolute atomic E-state index is 5.78. The first-order chi connectivity index (χ1) is 8.18. The lowest BCUT2D eigenvalue weighted by atomic mass is 10.2. The number of alkyl halides is 1. The number of halogens is 1. The average Bonchev–Trinajstić information content (AvgIpc) is 2.41. The molecule has 1 rings (SSSR count). The Hall–Kier alpha value is 0.0869. The van der Waals surface area contributed by atoms with Crippen LogP contribution in [-0.2, 0) is 8.85 Å². The highest BCUT2D eigenvalue weighted by molar-refractivity contribution is 14.1. The largest absolute Gasteiger partial charge is 0.394 e. The van der Waals surface area contributed by atoms with Gasteiger partial charge in [0.15, 0.2) is 0 Å². The van der Waals surface area contributed by atoms with Gasteiger partial charge in [0.05, 0.1) is 0 Å². The van der Waals surface area contributed by atoms with Gasteiger partial charge in [-0.15, -0.1) is 0 Å². The zero-order valence-electron chi connectivity index (χ0n) is 10.8. The summed E-state index contributed by atoms with van der Waals surface area (Å²) in [6.07, 6.45) is 1.16. The smallest absolute Gasteiger partial charge is 0.372 e. The Bertz CT molecular complexity index is 314. The molecule has 0 N–H and O–H groups in total. The van der Waals surface area contributed by atoms with E-state index in [9.17, 15) is 0 Å². The molecule has 4 heteroatoms. The van der Waals surface area contributed by atoms with Crippen LogP contribution >= 0.6 is 22.6 Å². The molecule has 1 aromatic carbocycles. The third-order valence-corrected chi connectivity index (χ3v) is 8.09. The zero-order chi connectivity index (χ0) is 12.7. The van der Waals surface area contributed by atoms with E-state index >= 15 is 0 Å². The standard InChI is InChI=1S/C13H21IO2Si/c1-12(11-14)9-10-17(15-2,16-3)13-7-5-4-6-8-13/h4-8,12H,9-11H2,1-3H3. The topological polar surface area (TPSA) is 18.5 Å². The van der Waals surface area contributed by atoms with Crippen molar-refractivity contribution >= 4 is 36.3 Å². The lowest BCUT2D eigenvalue weighted by molar-refractivity contribution is 0.254. The van der Waals surface area contributed by atoms with Gasteiger partial charge in [-0.05, 0) is 23.6 Å². The van der Waals surface area contributed by atoms with Gasteiger partial charge in [0.2, 0.25) is 0 Å². The van der Waals surface area contributed by atoms with Crippen LogP contribution in [0.5, 0.6) is 0 Å². The van der Waals surface area contributed by atoms with E-state index in [2.05, 4.69) is 53.8 Å². The molecule has 17 heavy (non-hydrogen) atoms. The van der Waals surface area contributed by atoms with Gasteiger partial charge >= 0.3 is 8.56 Å². The van der Waals surface area contributed by atoms with Crippen molar-refractivity contribution in [3.05, 3.63) is 30.3 Å². The van der Waals surface area contributed by atoms with Crippen LogP contribution in [0.1, 0.15) is 13.3 Å². The monoisotopic (exact) mass is 364 g/mol. The van der Waals surface area contributed by atoms with Gasteiger partial charge in [0.25, 0.3) is 0 Å². The molecule has 0 aliphatic carbocycles. The molecule has 0 aliphatic rings. The lowest BCUT2D eigenvalue weighted by Crippen LogP contribution is -2.52. The Labute approximate surface area is 119 Å². The van der Waals surface area contributed by atoms with Crippen LogP contribution in [0, 0.1) is 5.92 Å². The summed E-state index contributed by atoms with van der Waals surface area (Å²) in [5.41, 5.74) is 0. The molecule has 96 valence electrons. The van der Waals surface area contributed by atoms with E-state index in [0.29, 0.717) is 0 Å². The van der Waals surface area contributed by atoms with Crippen molar-refractivity contribution in [2.24, 2.45) is 5.92 Å². The van der Waals surface area contributed by atoms with Gasteiger partial charge in [-0.1, -0.05) is 59.8 Å². The Morgan fingerprint density at radius 3 is 2.24 bits per heavy atom. The second-order valence-electron chi connectivity index (χ2n) is 4.33. The summed E-state index contributed by atoms with van der Waals surface area (Å²) in [5, 5.41) is 1.23. The molecule has 0 spiro atoms. The quantitative estimate of drug-likeness (QED) is 0.421. The Morgan fingerprint density at radius 2 is 1.76 bits per heavy atom. The minimum absolute atomic E-state index is 0.719. The van der Waals surface area contributed by atoms with E-state index in [1.54, 1.807) is 14.2 Å². The summed E-state index contributed by atoms with van der Waals surface area (Å²) in [7, 11) is 1.35. The normalized spacial score (nSPS) is 13.6. The second kappa shape index (κ2) is 7.51. The van der Waals surface area contributed by atoms with E-state index in [-0.39, 0.29) is 0 Å². The summed E-state index contributed by atoms with van der Waals surface area (Å²) >= 11 is 2.44. The van der Waals surface area contributed by atoms with E-state index < -0.39 is 8.56 Å². The van der Waals surface area contributed by atoms with Gasteiger partial charge in [-0.25, -0.2) is 0 Å². The van der Waals surface area contributed by atoms with Crippen LogP contribution in [0.2, 0.25) is 6.04 Å². The maximum Gasteiger partial charge on any atom is 0.372 e. The van der Waals surface area contributed by atoms with Crippen molar-refractivity contribution in [2.45, 2.75) is 19.4 Å². The molecule has 0 heterocycles. The molecule has 1 aromatic rings. The molecular weight excluding hydrogens is 343 g/mol. The van der Waals surface area contributed by atoms with Crippen molar-refractivity contribution < 1.29 is 8.85 Å². The molecule has 0 aromatic heterocycles. The first-order valence-corrected chi connectivity index (χ1v) is 9.45. The number of hydrogen-bond donors (Lipinski definition) is 0. The zero-order valence-corrected chi connectivity index (χ0v) is 13.9. The minimum atomic E-state index is -2.20. The molecule has 1 unspecified atom stereocenters. The summed E-state index contributed by atoms with van der Waals surface area (Å²) < 4.78 is 12.7. The van der Waals surface area contributed by atoms with Gasteiger partial charge in [0, 0.05) is 18.6 Å². The summed E-state index contributed by atoms with van der Waals surface area (Å²) in [6.45, 7) is 2.28. The SMILES string of the molecule is CO[Si](CCC(C)CI)(OC)c1ccccc1. The summed E-state index contributed by atoms with van der Waals surface area (Å²) in [4.78, 5) is 0. The van der Waals surface area contributed by atoms with E-state index in [1.165, 1.54) is 9.61 Å². The van der Waals surface area contributed by atoms with Crippen LogP contribution in [0.4, 0.5) is 0 Å².